The lowest BCUT2D eigenvalue weighted by Crippen LogP contribution is -2.19. The zero-order valence-electron chi connectivity index (χ0n) is 11.4. The summed E-state index contributed by atoms with van der Waals surface area (Å²) in [7, 11) is 0. The van der Waals surface area contributed by atoms with Crippen LogP contribution in [0.5, 0.6) is 0 Å². The van der Waals surface area contributed by atoms with Crippen LogP contribution in [0.3, 0.4) is 0 Å². The van der Waals surface area contributed by atoms with Crippen molar-refractivity contribution in [2.75, 3.05) is 0 Å². The van der Waals surface area contributed by atoms with E-state index in [-0.39, 0.29) is 0 Å². The lowest BCUT2D eigenvalue weighted by Gasteiger charge is -2.30. The maximum absolute atomic E-state index is 2.17. The molecule has 0 N–H and O–H groups in total. The van der Waals surface area contributed by atoms with E-state index in [0.717, 1.165) is 0 Å². The van der Waals surface area contributed by atoms with Gasteiger partial charge in [0.15, 0.2) is 0 Å². The molecule has 0 saturated heterocycles. The number of benzene rings is 1. The van der Waals surface area contributed by atoms with Gasteiger partial charge >= 0.3 is 0 Å². The highest BCUT2D eigenvalue weighted by Gasteiger charge is 2.28. The fourth-order valence-electron chi connectivity index (χ4n) is 3.15. The Balaban J connectivity index is 0.000000128. The van der Waals surface area contributed by atoms with E-state index in [2.05, 4.69) is 38.1 Å². The van der Waals surface area contributed by atoms with Crippen LogP contribution in [0.15, 0.2) is 24.3 Å². The molecule has 2 fully saturated rings. The van der Waals surface area contributed by atoms with Crippen molar-refractivity contribution < 1.29 is 0 Å². The van der Waals surface area contributed by atoms with Crippen molar-refractivity contribution >= 4 is 0 Å². The average Bonchev–Trinajstić information content (AvgIpc) is 2.68. The summed E-state index contributed by atoms with van der Waals surface area (Å²) in [6, 6.07) is 8.45. The van der Waals surface area contributed by atoms with Gasteiger partial charge < -0.3 is 0 Å². The number of hydrogen-bond donors (Lipinski definition) is 0. The highest BCUT2D eigenvalue weighted by Crippen LogP contribution is 2.41. The first-order valence-electron chi connectivity index (χ1n) is 7.29. The Morgan fingerprint density at radius 1 is 0.765 bits per heavy atom. The van der Waals surface area contributed by atoms with Crippen LogP contribution in [0.4, 0.5) is 0 Å². The molecule has 1 aromatic rings. The van der Waals surface area contributed by atoms with E-state index in [4.69, 9.17) is 0 Å². The molecule has 0 atom stereocenters. The van der Waals surface area contributed by atoms with Gasteiger partial charge in [-0.05, 0) is 25.7 Å². The maximum atomic E-state index is 2.17. The largest absolute Gasteiger partial charge is 0.0617 e. The molecule has 0 unspecified atom stereocenters. The third-order valence-electron chi connectivity index (χ3n) is 4.39. The van der Waals surface area contributed by atoms with Crippen LogP contribution in [0, 0.1) is 25.7 Å². The smallest absolute Gasteiger partial charge is 0.0386 e. The molecule has 3 rings (SSSR count). The molecule has 0 spiro atoms. The van der Waals surface area contributed by atoms with E-state index in [9.17, 15) is 0 Å². The van der Waals surface area contributed by atoms with Gasteiger partial charge in [-0.1, -0.05) is 80.3 Å². The summed E-state index contributed by atoms with van der Waals surface area (Å²) in [5.41, 5.74) is 2.68. The molecular weight excluding hydrogens is 204 g/mol. The van der Waals surface area contributed by atoms with Gasteiger partial charge in [0, 0.05) is 0 Å². The first-order chi connectivity index (χ1) is 8.25. The molecule has 17 heavy (non-hydrogen) atoms. The van der Waals surface area contributed by atoms with Gasteiger partial charge in [0.25, 0.3) is 0 Å². The Kier molecular flexibility index (Phi) is 4.65. The van der Waals surface area contributed by atoms with Crippen LogP contribution >= 0.6 is 0 Å². The van der Waals surface area contributed by atoms with Crippen molar-refractivity contribution in [3.63, 3.8) is 0 Å². The SMILES string of the molecule is C1CCC(C2CCC2)C1.Cc1cccc(C)c1. The summed E-state index contributed by atoms with van der Waals surface area (Å²) in [4.78, 5) is 0. The highest BCUT2D eigenvalue weighted by molar-refractivity contribution is 5.20. The quantitative estimate of drug-likeness (QED) is 0.615. The minimum absolute atomic E-state index is 1.17. The molecule has 1 aromatic carbocycles. The highest BCUT2D eigenvalue weighted by atomic mass is 14.3. The summed E-state index contributed by atoms with van der Waals surface area (Å²) in [6.07, 6.45) is 10.8. The molecule has 0 radical (unpaired) electrons. The van der Waals surface area contributed by atoms with E-state index in [1.54, 1.807) is 25.7 Å². The van der Waals surface area contributed by atoms with Crippen molar-refractivity contribution in [3.05, 3.63) is 35.4 Å². The summed E-state index contributed by atoms with van der Waals surface area (Å²) >= 11 is 0. The number of hydrogen-bond acceptors (Lipinski definition) is 0. The molecular formula is C17H26. The summed E-state index contributed by atoms with van der Waals surface area (Å²) in [6.45, 7) is 4.21. The number of rotatable bonds is 1. The van der Waals surface area contributed by atoms with Crippen molar-refractivity contribution in [3.8, 4) is 0 Å². The topological polar surface area (TPSA) is 0 Å². The lowest BCUT2D eigenvalue weighted by molar-refractivity contribution is 0.210. The van der Waals surface area contributed by atoms with Gasteiger partial charge in [-0.15, -0.1) is 0 Å². The second-order valence-corrected chi connectivity index (χ2v) is 5.89. The minimum atomic E-state index is 1.17. The monoisotopic (exact) mass is 230 g/mol. The van der Waals surface area contributed by atoms with Gasteiger partial charge in [0.05, 0.1) is 0 Å². The Morgan fingerprint density at radius 2 is 1.24 bits per heavy atom. The third kappa shape index (κ3) is 3.87. The number of aryl methyl sites for hydroxylation is 2. The molecule has 2 aliphatic carbocycles. The molecule has 0 aliphatic heterocycles. The van der Waals surface area contributed by atoms with Gasteiger partial charge in [0.1, 0.15) is 0 Å². The molecule has 0 bridgehead atoms. The molecule has 0 heteroatoms. The van der Waals surface area contributed by atoms with Crippen LogP contribution in [0.1, 0.15) is 56.1 Å². The van der Waals surface area contributed by atoms with Crippen LogP contribution in [0.25, 0.3) is 0 Å². The first kappa shape index (κ1) is 12.7. The Morgan fingerprint density at radius 3 is 1.53 bits per heavy atom. The molecule has 2 aliphatic rings. The van der Waals surface area contributed by atoms with Crippen molar-refractivity contribution in [2.45, 2.75) is 58.8 Å². The molecule has 0 heterocycles. The van der Waals surface area contributed by atoms with Crippen LogP contribution in [-0.2, 0) is 0 Å². The predicted molar refractivity (Wildman–Crippen MR) is 75.2 cm³/mol. The van der Waals surface area contributed by atoms with E-state index in [1.165, 1.54) is 42.2 Å². The van der Waals surface area contributed by atoms with Crippen molar-refractivity contribution in [1.82, 2.24) is 0 Å². The molecule has 0 aromatic heterocycles. The first-order valence-corrected chi connectivity index (χ1v) is 7.29. The zero-order chi connectivity index (χ0) is 12.1. The standard InChI is InChI=1S/C9H16.C8H10/c1-2-5-8(4-1)9-6-3-7-9;1-7-4-3-5-8(2)6-7/h8-9H,1-7H2;3-6H,1-2H3. The molecule has 2 saturated carbocycles. The predicted octanol–water partition coefficient (Wildman–Crippen LogP) is 5.28. The van der Waals surface area contributed by atoms with E-state index >= 15 is 0 Å². The summed E-state index contributed by atoms with van der Waals surface area (Å²) in [5, 5.41) is 0. The van der Waals surface area contributed by atoms with Crippen LogP contribution in [0.2, 0.25) is 0 Å². The second-order valence-electron chi connectivity index (χ2n) is 5.89. The van der Waals surface area contributed by atoms with E-state index < -0.39 is 0 Å². The van der Waals surface area contributed by atoms with Crippen molar-refractivity contribution in [1.29, 1.82) is 0 Å². The Bertz CT molecular complexity index is 312. The molecule has 0 amide bonds. The van der Waals surface area contributed by atoms with E-state index in [0.29, 0.717) is 0 Å². The van der Waals surface area contributed by atoms with E-state index in [1.807, 2.05) is 0 Å². The average molecular weight is 230 g/mol. The normalized spacial score (nSPS) is 20.6. The van der Waals surface area contributed by atoms with Crippen LogP contribution < -0.4 is 0 Å². The minimum Gasteiger partial charge on any atom is -0.0617 e. The lowest BCUT2D eigenvalue weighted by atomic mass is 9.75. The summed E-state index contributed by atoms with van der Waals surface area (Å²) in [5.74, 6) is 2.34. The van der Waals surface area contributed by atoms with Gasteiger partial charge in [0.2, 0.25) is 0 Å². The van der Waals surface area contributed by atoms with Gasteiger partial charge in [-0.25, -0.2) is 0 Å². The fraction of sp³-hybridized carbons (Fsp3) is 0.647. The third-order valence-corrected chi connectivity index (χ3v) is 4.39. The Labute approximate surface area is 106 Å². The summed E-state index contributed by atoms with van der Waals surface area (Å²) < 4.78 is 0. The Hall–Kier alpha value is -0.780. The van der Waals surface area contributed by atoms with Gasteiger partial charge in [-0.3, -0.25) is 0 Å². The maximum Gasteiger partial charge on any atom is -0.0386 e. The fourth-order valence-corrected chi connectivity index (χ4v) is 3.15. The molecule has 94 valence electrons. The van der Waals surface area contributed by atoms with Crippen molar-refractivity contribution in [2.24, 2.45) is 11.8 Å². The van der Waals surface area contributed by atoms with Crippen LogP contribution in [-0.4, -0.2) is 0 Å². The zero-order valence-corrected chi connectivity index (χ0v) is 11.4. The van der Waals surface area contributed by atoms with Gasteiger partial charge in [-0.2, -0.15) is 0 Å². The second kappa shape index (κ2) is 6.23. The molecule has 0 nitrogen and oxygen atoms in total.